The van der Waals surface area contributed by atoms with Crippen molar-refractivity contribution in [2.45, 2.75) is 25.4 Å². The first-order valence-electron chi connectivity index (χ1n) is 7.09. The molecule has 0 atom stereocenters. The second-order valence-electron chi connectivity index (χ2n) is 5.29. The van der Waals surface area contributed by atoms with E-state index in [-0.39, 0.29) is 5.91 Å². The van der Waals surface area contributed by atoms with Gasteiger partial charge in [-0.1, -0.05) is 6.07 Å². The van der Waals surface area contributed by atoms with Gasteiger partial charge in [0.15, 0.2) is 0 Å². The van der Waals surface area contributed by atoms with Gasteiger partial charge >= 0.3 is 0 Å². The minimum atomic E-state index is -0.0678. The van der Waals surface area contributed by atoms with E-state index < -0.39 is 0 Å². The molecule has 1 aromatic carbocycles. The molecule has 110 valence electrons. The summed E-state index contributed by atoms with van der Waals surface area (Å²) >= 11 is 1.74. The topological polar surface area (TPSA) is 58.4 Å². The number of nitrogens with one attached hydrogen (secondary N) is 1. The molecule has 3 rings (SSSR count). The van der Waals surface area contributed by atoms with Gasteiger partial charge in [0, 0.05) is 23.7 Å². The summed E-state index contributed by atoms with van der Waals surface area (Å²) < 4.78 is 0. The van der Waals surface area contributed by atoms with Gasteiger partial charge in [-0.15, -0.1) is 11.3 Å². The molecule has 1 aliphatic carbocycles. The molecule has 1 amide bonds. The largest absolute Gasteiger partial charge is 0.399 e. The molecule has 21 heavy (non-hydrogen) atoms. The van der Waals surface area contributed by atoms with Gasteiger partial charge in [-0.05, 0) is 42.5 Å². The van der Waals surface area contributed by atoms with Crippen LogP contribution >= 0.6 is 11.3 Å². The Morgan fingerprint density at radius 2 is 2.24 bits per heavy atom. The Morgan fingerprint density at radius 1 is 1.43 bits per heavy atom. The second kappa shape index (κ2) is 5.77. The molecule has 0 saturated heterocycles. The molecular formula is C16H19N3OS. The van der Waals surface area contributed by atoms with Crippen molar-refractivity contribution >= 4 is 28.6 Å². The molecule has 1 fully saturated rings. The van der Waals surface area contributed by atoms with E-state index >= 15 is 0 Å². The van der Waals surface area contributed by atoms with Crippen LogP contribution in [0.1, 0.15) is 28.1 Å². The summed E-state index contributed by atoms with van der Waals surface area (Å²) in [5, 5.41) is 4.79. The molecule has 0 aliphatic heterocycles. The Bertz CT molecular complexity index is 635. The number of anilines is 2. The first kappa shape index (κ1) is 13.9. The predicted octanol–water partition coefficient (Wildman–Crippen LogP) is 2.86. The Balaban J connectivity index is 1.98. The van der Waals surface area contributed by atoms with Crippen LogP contribution in [0.15, 0.2) is 35.7 Å². The number of amides is 1. The average molecular weight is 301 g/mol. The Hall–Kier alpha value is -2.01. The van der Waals surface area contributed by atoms with E-state index in [0.717, 1.165) is 12.2 Å². The number of nitrogen functional groups attached to an aromatic ring is 1. The van der Waals surface area contributed by atoms with Gasteiger partial charge < -0.3 is 16.0 Å². The normalized spacial score (nSPS) is 14.0. The van der Waals surface area contributed by atoms with Crippen molar-refractivity contribution < 1.29 is 4.79 Å². The van der Waals surface area contributed by atoms with Gasteiger partial charge in [0.1, 0.15) is 0 Å². The standard InChI is InChI=1S/C16H19N3OS/c1-18-16(20)14-7-4-11(17)9-15(14)19(12-5-6-12)10-13-3-2-8-21-13/h2-4,7-9,12H,5-6,10,17H2,1H3,(H,18,20). The SMILES string of the molecule is CNC(=O)c1ccc(N)cc1N(Cc1cccs1)C1CC1. The fourth-order valence-corrected chi connectivity index (χ4v) is 3.18. The van der Waals surface area contributed by atoms with Gasteiger partial charge in [0.2, 0.25) is 0 Å². The molecule has 1 aromatic heterocycles. The van der Waals surface area contributed by atoms with Crippen LogP contribution in [-0.2, 0) is 6.54 Å². The molecular weight excluding hydrogens is 282 g/mol. The number of thiophene rings is 1. The molecule has 4 nitrogen and oxygen atoms in total. The maximum absolute atomic E-state index is 12.1. The minimum absolute atomic E-state index is 0.0678. The van der Waals surface area contributed by atoms with E-state index in [4.69, 9.17) is 5.73 Å². The Kier molecular flexibility index (Phi) is 3.84. The number of hydrogen-bond acceptors (Lipinski definition) is 4. The summed E-state index contributed by atoms with van der Waals surface area (Å²) in [6, 6.07) is 10.2. The van der Waals surface area contributed by atoms with Gasteiger partial charge in [-0.2, -0.15) is 0 Å². The molecule has 2 aromatic rings. The maximum Gasteiger partial charge on any atom is 0.253 e. The molecule has 5 heteroatoms. The third kappa shape index (κ3) is 3.03. The van der Waals surface area contributed by atoms with E-state index in [2.05, 4.69) is 27.7 Å². The number of carbonyl (C=O) groups is 1. The summed E-state index contributed by atoms with van der Waals surface area (Å²) in [7, 11) is 1.66. The number of hydrogen-bond donors (Lipinski definition) is 2. The Labute approximate surface area is 128 Å². The summed E-state index contributed by atoms with van der Waals surface area (Å²) in [4.78, 5) is 15.7. The van der Waals surface area contributed by atoms with Crippen molar-refractivity contribution in [3.05, 3.63) is 46.2 Å². The van der Waals surface area contributed by atoms with Crippen LogP contribution in [0.5, 0.6) is 0 Å². The van der Waals surface area contributed by atoms with Crippen LogP contribution in [-0.4, -0.2) is 19.0 Å². The van der Waals surface area contributed by atoms with E-state index in [9.17, 15) is 4.79 Å². The second-order valence-corrected chi connectivity index (χ2v) is 6.33. The maximum atomic E-state index is 12.1. The number of nitrogens with zero attached hydrogens (tertiary/aromatic N) is 1. The van der Waals surface area contributed by atoms with Crippen molar-refractivity contribution in [1.29, 1.82) is 0 Å². The fraction of sp³-hybridized carbons (Fsp3) is 0.312. The molecule has 0 unspecified atom stereocenters. The minimum Gasteiger partial charge on any atom is -0.399 e. The zero-order valence-corrected chi connectivity index (χ0v) is 12.8. The summed E-state index contributed by atoms with van der Waals surface area (Å²) in [5.41, 5.74) is 8.26. The van der Waals surface area contributed by atoms with Crippen LogP contribution in [0.25, 0.3) is 0 Å². The van der Waals surface area contributed by atoms with Crippen LogP contribution < -0.4 is 16.0 Å². The summed E-state index contributed by atoms with van der Waals surface area (Å²) in [6.07, 6.45) is 2.35. The monoisotopic (exact) mass is 301 g/mol. The summed E-state index contributed by atoms with van der Waals surface area (Å²) in [6.45, 7) is 0.829. The molecule has 0 bridgehead atoms. The molecule has 1 aliphatic rings. The van der Waals surface area contributed by atoms with Crippen LogP contribution in [0.3, 0.4) is 0 Å². The van der Waals surface area contributed by atoms with Gasteiger partial charge in [-0.3, -0.25) is 4.79 Å². The van der Waals surface area contributed by atoms with Crippen molar-refractivity contribution in [3.8, 4) is 0 Å². The van der Waals surface area contributed by atoms with Crippen molar-refractivity contribution in [1.82, 2.24) is 5.32 Å². The molecule has 3 N–H and O–H groups in total. The first-order valence-corrected chi connectivity index (χ1v) is 7.97. The van der Waals surface area contributed by atoms with Crippen molar-refractivity contribution in [2.24, 2.45) is 0 Å². The number of benzene rings is 1. The van der Waals surface area contributed by atoms with Crippen LogP contribution in [0, 0.1) is 0 Å². The van der Waals surface area contributed by atoms with Crippen LogP contribution in [0.2, 0.25) is 0 Å². The predicted molar refractivity (Wildman–Crippen MR) is 87.8 cm³/mol. The van der Waals surface area contributed by atoms with Crippen LogP contribution in [0.4, 0.5) is 11.4 Å². The fourth-order valence-electron chi connectivity index (χ4n) is 2.48. The molecule has 0 radical (unpaired) electrons. The van der Waals surface area contributed by atoms with Gasteiger partial charge in [-0.25, -0.2) is 0 Å². The van der Waals surface area contributed by atoms with Crippen molar-refractivity contribution in [2.75, 3.05) is 17.7 Å². The molecule has 1 saturated carbocycles. The third-order valence-corrected chi connectivity index (χ3v) is 4.56. The Morgan fingerprint density at radius 3 is 2.86 bits per heavy atom. The number of nitrogens with two attached hydrogens (primary N) is 1. The number of rotatable bonds is 5. The zero-order chi connectivity index (χ0) is 14.8. The highest BCUT2D eigenvalue weighted by Gasteiger charge is 2.31. The first-order chi connectivity index (χ1) is 10.2. The quantitative estimate of drug-likeness (QED) is 0.835. The van der Waals surface area contributed by atoms with Gasteiger partial charge in [0.05, 0.1) is 17.8 Å². The summed E-state index contributed by atoms with van der Waals surface area (Å²) in [5.74, 6) is -0.0678. The average Bonchev–Trinajstić information content (AvgIpc) is 3.20. The molecule has 1 heterocycles. The lowest BCUT2D eigenvalue weighted by molar-refractivity contribution is 0.0963. The lowest BCUT2D eigenvalue weighted by atomic mass is 10.1. The van der Waals surface area contributed by atoms with Gasteiger partial charge in [0.25, 0.3) is 5.91 Å². The highest BCUT2D eigenvalue weighted by Crippen LogP contribution is 2.36. The zero-order valence-electron chi connectivity index (χ0n) is 12.0. The van der Waals surface area contributed by atoms with E-state index in [0.29, 0.717) is 17.3 Å². The lowest BCUT2D eigenvalue weighted by Crippen LogP contribution is -2.29. The highest BCUT2D eigenvalue weighted by atomic mass is 32.1. The smallest absolute Gasteiger partial charge is 0.253 e. The highest BCUT2D eigenvalue weighted by molar-refractivity contribution is 7.09. The van der Waals surface area contributed by atoms with E-state index in [1.165, 1.54) is 17.7 Å². The number of carbonyl (C=O) groups excluding carboxylic acids is 1. The lowest BCUT2D eigenvalue weighted by Gasteiger charge is -2.26. The third-order valence-electron chi connectivity index (χ3n) is 3.70. The van der Waals surface area contributed by atoms with Crippen molar-refractivity contribution in [3.63, 3.8) is 0 Å². The van der Waals surface area contributed by atoms with E-state index in [1.807, 2.05) is 12.1 Å². The van der Waals surface area contributed by atoms with E-state index in [1.54, 1.807) is 24.5 Å². The molecule has 0 spiro atoms.